The minimum atomic E-state index is -0.578. The molecule has 0 aliphatic carbocycles. The lowest BCUT2D eigenvalue weighted by atomic mass is 10.1. The normalized spacial score (nSPS) is 10.0. The molecule has 0 atom stereocenters. The van der Waals surface area contributed by atoms with Crippen LogP contribution in [-0.4, -0.2) is 23.0 Å². The van der Waals surface area contributed by atoms with Crippen molar-refractivity contribution in [1.29, 1.82) is 0 Å². The molecule has 1 heterocycles. The molecule has 0 fully saturated rings. The van der Waals surface area contributed by atoms with Gasteiger partial charge in [-0.15, -0.1) is 0 Å². The van der Waals surface area contributed by atoms with Crippen LogP contribution in [-0.2, 0) is 0 Å². The van der Waals surface area contributed by atoms with Crippen LogP contribution in [0.4, 0.5) is 0 Å². The van der Waals surface area contributed by atoms with E-state index in [1.807, 2.05) is 5.43 Å². The minimum absolute atomic E-state index is 0.0351. The van der Waals surface area contributed by atoms with E-state index in [1.54, 1.807) is 31.4 Å². The van der Waals surface area contributed by atoms with Crippen molar-refractivity contribution >= 4 is 5.91 Å². The van der Waals surface area contributed by atoms with Gasteiger partial charge < -0.3 is 9.72 Å². The first kappa shape index (κ1) is 12.8. The van der Waals surface area contributed by atoms with Crippen LogP contribution < -0.4 is 21.6 Å². The van der Waals surface area contributed by atoms with E-state index in [0.29, 0.717) is 11.3 Å². The Hall–Kier alpha value is -2.67. The molecule has 7 nitrogen and oxygen atoms in total. The summed E-state index contributed by atoms with van der Waals surface area (Å²) in [5, 5.41) is 0. The van der Waals surface area contributed by atoms with E-state index in [9.17, 15) is 9.59 Å². The first-order valence-electron chi connectivity index (χ1n) is 5.41. The molecule has 2 rings (SSSR count). The average molecular weight is 260 g/mol. The van der Waals surface area contributed by atoms with E-state index in [2.05, 4.69) is 9.97 Å². The number of hydrogen-bond donors (Lipinski definition) is 3. The summed E-state index contributed by atoms with van der Waals surface area (Å²) in [4.78, 5) is 29.5. The summed E-state index contributed by atoms with van der Waals surface area (Å²) < 4.78 is 5.03. The van der Waals surface area contributed by atoms with Gasteiger partial charge >= 0.3 is 0 Å². The van der Waals surface area contributed by atoms with Gasteiger partial charge in [-0.1, -0.05) is 0 Å². The van der Waals surface area contributed by atoms with E-state index in [-0.39, 0.29) is 11.4 Å². The third kappa shape index (κ3) is 2.61. The number of rotatable bonds is 3. The molecule has 0 saturated heterocycles. The number of aromatic amines is 1. The second kappa shape index (κ2) is 5.32. The summed E-state index contributed by atoms with van der Waals surface area (Å²) in [6.07, 6.45) is 1.21. The number of nitrogens with two attached hydrogens (primary N) is 1. The third-order valence-electron chi connectivity index (χ3n) is 2.51. The van der Waals surface area contributed by atoms with Crippen LogP contribution in [0.2, 0.25) is 0 Å². The van der Waals surface area contributed by atoms with Crippen molar-refractivity contribution in [3.8, 4) is 17.0 Å². The summed E-state index contributed by atoms with van der Waals surface area (Å²) in [5.74, 6) is 5.11. The van der Waals surface area contributed by atoms with E-state index in [4.69, 9.17) is 10.6 Å². The van der Waals surface area contributed by atoms with Gasteiger partial charge in [0.05, 0.1) is 7.11 Å². The number of aromatic nitrogens is 2. The number of hydrazine groups is 1. The topological polar surface area (TPSA) is 110 Å². The van der Waals surface area contributed by atoms with E-state index in [1.165, 1.54) is 6.20 Å². The molecule has 98 valence electrons. The SMILES string of the molecule is COc1ccc(-c2nc(C(=O)NN)c[nH]c2=O)cc1. The molecular formula is C12H12N4O3. The number of nitrogens with one attached hydrogen (secondary N) is 2. The lowest BCUT2D eigenvalue weighted by molar-refractivity contribution is 0.0948. The standard InChI is InChI=1S/C12H12N4O3/c1-19-8-4-2-7(3-5-8)10-12(18)14-6-9(15-10)11(17)16-13/h2-6H,13H2,1H3,(H,14,18)(H,16,17). The summed E-state index contributed by atoms with van der Waals surface area (Å²) in [7, 11) is 1.55. The van der Waals surface area contributed by atoms with Gasteiger partial charge in [0.15, 0.2) is 0 Å². The molecule has 4 N–H and O–H groups in total. The van der Waals surface area contributed by atoms with Crippen LogP contribution in [0.15, 0.2) is 35.3 Å². The molecule has 0 unspecified atom stereocenters. The lowest BCUT2D eigenvalue weighted by Gasteiger charge is -2.04. The smallest absolute Gasteiger partial charge is 0.285 e. The zero-order valence-corrected chi connectivity index (χ0v) is 10.1. The molecule has 1 aromatic heterocycles. The molecule has 0 saturated carbocycles. The molecule has 0 bridgehead atoms. The molecule has 0 radical (unpaired) electrons. The van der Waals surface area contributed by atoms with Gasteiger partial charge in [-0.25, -0.2) is 10.8 Å². The Morgan fingerprint density at radius 3 is 2.63 bits per heavy atom. The van der Waals surface area contributed by atoms with Crippen LogP contribution >= 0.6 is 0 Å². The predicted molar refractivity (Wildman–Crippen MR) is 68.5 cm³/mol. The van der Waals surface area contributed by atoms with Gasteiger partial charge in [-0.2, -0.15) is 0 Å². The highest BCUT2D eigenvalue weighted by Gasteiger charge is 2.11. The van der Waals surface area contributed by atoms with Gasteiger partial charge in [-0.05, 0) is 24.3 Å². The quantitative estimate of drug-likeness (QED) is 0.410. The van der Waals surface area contributed by atoms with Crippen molar-refractivity contribution in [2.45, 2.75) is 0 Å². The van der Waals surface area contributed by atoms with Crippen LogP contribution in [0.1, 0.15) is 10.5 Å². The fourth-order valence-electron chi connectivity index (χ4n) is 1.54. The Kier molecular flexibility index (Phi) is 3.58. The van der Waals surface area contributed by atoms with E-state index >= 15 is 0 Å². The number of nitrogens with zero attached hydrogens (tertiary/aromatic N) is 1. The molecule has 2 aromatic rings. The first-order valence-corrected chi connectivity index (χ1v) is 5.41. The summed E-state index contributed by atoms with van der Waals surface area (Å²) in [6, 6.07) is 6.76. The van der Waals surface area contributed by atoms with Gasteiger partial charge in [0.2, 0.25) is 0 Å². The Bertz CT molecular complexity index is 649. The molecule has 0 spiro atoms. The highest BCUT2D eigenvalue weighted by Crippen LogP contribution is 2.17. The lowest BCUT2D eigenvalue weighted by Crippen LogP contribution is -2.31. The Balaban J connectivity index is 2.48. The Morgan fingerprint density at radius 1 is 1.37 bits per heavy atom. The second-order valence-corrected chi connectivity index (χ2v) is 3.67. The number of amides is 1. The minimum Gasteiger partial charge on any atom is -0.497 e. The van der Waals surface area contributed by atoms with Crippen molar-refractivity contribution < 1.29 is 9.53 Å². The number of carbonyl (C=O) groups is 1. The largest absolute Gasteiger partial charge is 0.497 e. The molecule has 19 heavy (non-hydrogen) atoms. The monoisotopic (exact) mass is 260 g/mol. The van der Waals surface area contributed by atoms with Crippen molar-refractivity contribution in [3.63, 3.8) is 0 Å². The summed E-state index contributed by atoms with van der Waals surface area (Å²) in [6.45, 7) is 0. The molecule has 0 aliphatic heterocycles. The Morgan fingerprint density at radius 2 is 2.05 bits per heavy atom. The second-order valence-electron chi connectivity index (χ2n) is 3.67. The maximum Gasteiger partial charge on any atom is 0.285 e. The van der Waals surface area contributed by atoms with Crippen molar-refractivity contribution in [2.75, 3.05) is 7.11 Å². The third-order valence-corrected chi connectivity index (χ3v) is 2.51. The predicted octanol–water partition coefficient (Wildman–Crippen LogP) is 0.0490. The van der Waals surface area contributed by atoms with Gasteiger partial charge in [0.25, 0.3) is 11.5 Å². The molecule has 1 aromatic carbocycles. The van der Waals surface area contributed by atoms with Crippen molar-refractivity contribution in [1.82, 2.24) is 15.4 Å². The van der Waals surface area contributed by atoms with Crippen LogP contribution in [0.3, 0.4) is 0 Å². The number of hydrogen-bond acceptors (Lipinski definition) is 5. The zero-order chi connectivity index (χ0) is 13.8. The Labute approximate surface area is 108 Å². The number of benzene rings is 1. The maximum absolute atomic E-state index is 11.7. The number of ether oxygens (including phenoxy) is 1. The average Bonchev–Trinajstić information content (AvgIpc) is 2.47. The number of H-pyrrole nitrogens is 1. The zero-order valence-electron chi connectivity index (χ0n) is 10.1. The van der Waals surface area contributed by atoms with Crippen molar-refractivity contribution in [3.05, 3.63) is 46.5 Å². The fourth-order valence-corrected chi connectivity index (χ4v) is 1.54. The molecule has 0 aliphatic rings. The van der Waals surface area contributed by atoms with Crippen LogP contribution in [0, 0.1) is 0 Å². The number of nitrogen functional groups attached to an aromatic ring is 1. The van der Waals surface area contributed by atoms with E-state index < -0.39 is 11.5 Å². The summed E-state index contributed by atoms with van der Waals surface area (Å²) >= 11 is 0. The van der Waals surface area contributed by atoms with Crippen molar-refractivity contribution in [2.24, 2.45) is 5.84 Å². The van der Waals surface area contributed by atoms with Gasteiger partial charge in [0.1, 0.15) is 17.1 Å². The molecule has 1 amide bonds. The number of carbonyl (C=O) groups excluding carboxylic acids is 1. The fraction of sp³-hybridized carbons (Fsp3) is 0.0833. The number of methoxy groups -OCH3 is 1. The van der Waals surface area contributed by atoms with Gasteiger partial charge in [-0.3, -0.25) is 15.0 Å². The molecule has 7 heteroatoms. The summed E-state index contributed by atoms with van der Waals surface area (Å²) in [5.41, 5.74) is 2.32. The van der Waals surface area contributed by atoms with Crippen LogP contribution in [0.25, 0.3) is 11.3 Å². The van der Waals surface area contributed by atoms with Crippen LogP contribution in [0.5, 0.6) is 5.75 Å². The molecular weight excluding hydrogens is 248 g/mol. The highest BCUT2D eigenvalue weighted by molar-refractivity contribution is 5.91. The maximum atomic E-state index is 11.7. The van der Waals surface area contributed by atoms with E-state index in [0.717, 1.165) is 0 Å². The van der Waals surface area contributed by atoms with Gasteiger partial charge in [0, 0.05) is 11.8 Å². The highest BCUT2D eigenvalue weighted by atomic mass is 16.5. The first-order chi connectivity index (χ1) is 9.15.